The fraction of sp³-hybridized carbons (Fsp3) is 0.350. The summed E-state index contributed by atoms with van der Waals surface area (Å²) in [5.41, 5.74) is 1.35. The summed E-state index contributed by atoms with van der Waals surface area (Å²) in [6.07, 6.45) is 1.71. The highest BCUT2D eigenvalue weighted by molar-refractivity contribution is 7.92. The van der Waals surface area contributed by atoms with Gasteiger partial charge >= 0.3 is 0 Å². The average molecular weight is 420 g/mol. The van der Waals surface area contributed by atoms with Gasteiger partial charge in [0.25, 0.3) is 0 Å². The van der Waals surface area contributed by atoms with Gasteiger partial charge < -0.3 is 19.5 Å². The van der Waals surface area contributed by atoms with Gasteiger partial charge in [0.1, 0.15) is 5.75 Å². The largest absolute Gasteiger partial charge is 0.496 e. The van der Waals surface area contributed by atoms with Crippen LogP contribution in [0, 0.1) is 0 Å². The first-order chi connectivity index (χ1) is 13.9. The van der Waals surface area contributed by atoms with Crippen LogP contribution in [-0.2, 0) is 21.4 Å². The molecule has 0 bridgehead atoms. The molecule has 0 saturated carbocycles. The first-order valence-electron chi connectivity index (χ1n) is 9.14. The lowest BCUT2D eigenvalue weighted by Crippen LogP contribution is -2.32. The van der Waals surface area contributed by atoms with Gasteiger partial charge in [-0.3, -0.25) is 9.10 Å². The second-order valence-corrected chi connectivity index (χ2v) is 8.47. The van der Waals surface area contributed by atoms with Gasteiger partial charge in [0.2, 0.25) is 22.7 Å². The number of carbonyl (C=O) groups is 1. The van der Waals surface area contributed by atoms with E-state index in [1.54, 1.807) is 25.3 Å². The zero-order valence-electron chi connectivity index (χ0n) is 16.4. The Morgan fingerprint density at radius 2 is 1.93 bits per heavy atom. The van der Waals surface area contributed by atoms with Gasteiger partial charge in [-0.25, -0.2) is 8.42 Å². The summed E-state index contributed by atoms with van der Waals surface area (Å²) in [4.78, 5) is 12.2. The molecule has 3 rings (SSSR count). The minimum absolute atomic E-state index is 0.115. The predicted octanol–water partition coefficient (Wildman–Crippen LogP) is 2.29. The Hall–Kier alpha value is -2.94. The van der Waals surface area contributed by atoms with Gasteiger partial charge in [0.15, 0.2) is 11.5 Å². The summed E-state index contributed by atoms with van der Waals surface area (Å²) < 4.78 is 41.6. The molecule has 0 aliphatic carbocycles. The number of sulfonamides is 1. The third-order valence-corrected chi connectivity index (χ3v) is 5.67. The van der Waals surface area contributed by atoms with E-state index in [9.17, 15) is 13.2 Å². The van der Waals surface area contributed by atoms with E-state index in [0.29, 0.717) is 35.9 Å². The topological polar surface area (TPSA) is 94.2 Å². The first-order valence-corrected chi connectivity index (χ1v) is 11.0. The number of ether oxygens (including phenoxy) is 3. The summed E-state index contributed by atoms with van der Waals surface area (Å²) in [5, 5.41) is 2.84. The fourth-order valence-electron chi connectivity index (χ4n) is 3.04. The van der Waals surface area contributed by atoms with Gasteiger partial charge in [-0.15, -0.1) is 0 Å². The third-order valence-electron chi connectivity index (χ3n) is 4.48. The highest BCUT2D eigenvalue weighted by Gasteiger charge is 2.21. The quantitative estimate of drug-likeness (QED) is 0.669. The Balaban J connectivity index is 1.56. The highest BCUT2D eigenvalue weighted by Crippen LogP contribution is 2.36. The standard InChI is InChI=1S/C20H24N2O6S/c1-26-17-7-4-3-6-15(17)13-21-20(23)8-5-11-22(29(2,24)25)16-9-10-18-19(12-16)28-14-27-18/h3-4,6-7,9-10,12H,5,8,11,13-14H2,1-2H3,(H,21,23). The number of benzene rings is 2. The third kappa shape index (κ3) is 5.32. The van der Waals surface area contributed by atoms with Crippen LogP contribution in [0.25, 0.3) is 0 Å². The summed E-state index contributed by atoms with van der Waals surface area (Å²) in [6, 6.07) is 12.4. The van der Waals surface area contributed by atoms with Gasteiger partial charge in [-0.1, -0.05) is 18.2 Å². The van der Waals surface area contributed by atoms with Crippen molar-refractivity contribution in [3.05, 3.63) is 48.0 Å². The Bertz CT molecular complexity index is 977. The number of rotatable bonds is 9. The molecule has 1 N–H and O–H groups in total. The Labute approximate surface area is 170 Å². The number of nitrogens with zero attached hydrogens (tertiary/aromatic N) is 1. The van der Waals surface area contributed by atoms with Crippen LogP contribution in [0.4, 0.5) is 5.69 Å². The molecule has 0 saturated heterocycles. The molecule has 1 heterocycles. The monoisotopic (exact) mass is 420 g/mol. The van der Waals surface area contributed by atoms with Crippen LogP contribution >= 0.6 is 0 Å². The zero-order chi connectivity index (χ0) is 20.9. The summed E-state index contributed by atoms with van der Waals surface area (Å²) >= 11 is 0. The van der Waals surface area contributed by atoms with E-state index in [0.717, 1.165) is 11.8 Å². The predicted molar refractivity (Wildman–Crippen MR) is 109 cm³/mol. The van der Waals surface area contributed by atoms with E-state index in [1.807, 2.05) is 24.3 Å². The van der Waals surface area contributed by atoms with Crippen molar-refractivity contribution < 1.29 is 27.4 Å². The molecule has 8 nitrogen and oxygen atoms in total. The van der Waals surface area contributed by atoms with Crippen LogP contribution in [0.3, 0.4) is 0 Å². The molecular weight excluding hydrogens is 396 g/mol. The van der Waals surface area contributed by atoms with Gasteiger partial charge in [-0.2, -0.15) is 0 Å². The van der Waals surface area contributed by atoms with Crippen molar-refractivity contribution in [2.75, 3.05) is 31.0 Å². The number of carbonyl (C=O) groups excluding carboxylic acids is 1. The van der Waals surface area contributed by atoms with Crippen molar-refractivity contribution in [3.8, 4) is 17.2 Å². The maximum Gasteiger partial charge on any atom is 0.232 e. The zero-order valence-corrected chi connectivity index (χ0v) is 17.2. The van der Waals surface area contributed by atoms with Crippen molar-refractivity contribution >= 4 is 21.6 Å². The highest BCUT2D eigenvalue weighted by atomic mass is 32.2. The molecular formula is C20H24N2O6S. The fourth-order valence-corrected chi connectivity index (χ4v) is 4.00. The minimum Gasteiger partial charge on any atom is -0.496 e. The Morgan fingerprint density at radius 1 is 1.17 bits per heavy atom. The number of para-hydroxylation sites is 1. The van der Waals surface area contributed by atoms with E-state index >= 15 is 0 Å². The SMILES string of the molecule is COc1ccccc1CNC(=O)CCCN(c1ccc2c(c1)OCO2)S(C)(=O)=O. The maximum absolute atomic E-state index is 12.2. The first kappa shape index (κ1) is 20.8. The molecule has 1 aliphatic heterocycles. The number of methoxy groups -OCH3 is 1. The summed E-state index contributed by atoms with van der Waals surface area (Å²) in [6.45, 7) is 0.644. The van der Waals surface area contributed by atoms with Crippen LogP contribution in [0.15, 0.2) is 42.5 Å². The van der Waals surface area contributed by atoms with Crippen molar-refractivity contribution in [2.24, 2.45) is 0 Å². The molecule has 2 aromatic carbocycles. The number of hydrogen-bond donors (Lipinski definition) is 1. The number of hydrogen-bond acceptors (Lipinski definition) is 6. The summed E-state index contributed by atoms with van der Waals surface area (Å²) in [5.74, 6) is 1.64. The van der Waals surface area contributed by atoms with E-state index < -0.39 is 10.0 Å². The molecule has 0 aromatic heterocycles. The van der Waals surface area contributed by atoms with Crippen molar-refractivity contribution in [2.45, 2.75) is 19.4 Å². The molecule has 0 spiro atoms. The van der Waals surface area contributed by atoms with Crippen molar-refractivity contribution in [3.63, 3.8) is 0 Å². The molecule has 2 aromatic rings. The van der Waals surface area contributed by atoms with Crippen LogP contribution < -0.4 is 23.8 Å². The van der Waals surface area contributed by atoms with E-state index in [-0.39, 0.29) is 25.7 Å². The van der Waals surface area contributed by atoms with Gasteiger partial charge in [0, 0.05) is 31.1 Å². The molecule has 1 aliphatic rings. The van der Waals surface area contributed by atoms with Crippen molar-refractivity contribution in [1.82, 2.24) is 5.32 Å². The second kappa shape index (κ2) is 9.04. The van der Waals surface area contributed by atoms with E-state index in [4.69, 9.17) is 14.2 Å². The van der Waals surface area contributed by atoms with Crippen LogP contribution in [0.5, 0.6) is 17.2 Å². The van der Waals surface area contributed by atoms with Crippen LogP contribution in [0.1, 0.15) is 18.4 Å². The lowest BCUT2D eigenvalue weighted by Gasteiger charge is -2.22. The molecule has 0 unspecified atom stereocenters. The Morgan fingerprint density at radius 3 is 2.69 bits per heavy atom. The lowest BCUT2D eigenvalue weighted by atomic mass is 10.2. The smallest absolute Gasteiger partial charge is 0.232 e. The molecule has 0 fully saturated rings. The molecule has 0 atom stereocenters. The molecule has 29 heavy (non-hydrogen) atoms. The van der Waals surface area contributed by atoms with Gasteiger partial charge in [-0.05, 0) is 24.6 Å². The maximum atomic E-state index is 12.2. The molecule has 1 amide bonds. The van der Waals surface area contributed by atoms with Crippen LogP contribution in [0.2, 0.25) is 0 Å². The molecule has 156 valence electrons. The summed E-state index contributed by atoms with van der Waals surface area (Å²) in [7, 11) is -1.93. The van der Waals surface area contributed by atoms with Crippen molar-refractivity contribution in [1.29, 1.82) is 0 Å². The molecule has 9 heteroatoms. The number of fused-ring (bicyclic) bond motifs is 1. The second-order valence-electron chi connectivity index (χ2n) is 6.56. The van der Waals surface area contributed by atoms with Crippen LogP contribution in [-0.4, -0.2) is 41.0 Å². The lowest BCUT2D eigenvalue weighted by molar-refractivity contribution is -0.121. The average Bonchev–Trinajstić information content (AvgIpc) is 3.16. The van der Waals surface area contributed by atoms with E-state index in [2.05, 4.69) is 5.32 Å². The number of amides is 1. The minimum atomic E-state index is -3.51. The van der Waals surface area contributed by atoms with Gasteiger partial charge in [0.05, 0.1) is 19.1 Å². The normalized spacial score (nSPS) is 12.5. The van der Waals surface area contributed by atoms with E-state index in [1.165, 1.54) is 4.31 Å². The number of nitrogens with one attached hydrogen (secondary N) is 1. The molecule has 0 radical (unpaired) electrons. The Kier molecular flexibility index (Phi) is 6.48. The number of anilines is 1.